The molecular formula is C25H18Cl2FNO3. The van der Waals surface area contributed by atoms with E-state index in [0.29, 0.717) is 11.1 Å². The van der Waals surface area contributed by atoms with Crippen molar-refractivity contribution in [2.75, 3.05) is 4.90 Å². The number of aliphatic hydroxyl groups excluding tert-OH is 1. The lowest BCUT2D eigenvalue weighted by molar-refractivity contribution is -0.132. The summed E-state index contributed by atoms with van der Waals surface area (Å²) in [6, 6.07) is 14.4. The van der Waals surface area contributed by atoms with Crippen LogP contribution in [0.15, 0.2) is 66.2 Å². The van der Waals surface area contributed by atoms with Crippen molar-refractivity contribution in [3.63, 3.8) is 0 Å². The molecule has 0 aromatic heterocycles. The summed E-state index contributed by atoms with van der Waals surface area (Å²) >= 11 is 12.3. The van der Waals surface area contributed by atoms with E-state index in [4.69, 9.17) is 23.2 Å². The maximum atomic E-state index is 14.9. The second-order valence-electron chi connectivity index (χ2n) is 7.64. The van der Waals surface area contributed by atoms with Gasteiger partial charge >= 0.3 is 0 Å². The Hall–Kier alpha value is -3.15. The van der Waals surface area contributed by atoms with E-state index in [1.807, 2.05) is 13.0 Å². The maximum Gasteiger partial charge on any atom is 0.300 e. The largest absolute Gasteiger partial charge is 0.507 e. The highest BCUT2D eigenvalue weighted by Gasteiger charge is 2.48. The number of nitrogens with zero attached hydrogens (tertiary/aromatic N) is 1. The summed E-state index contributed by atoms with van der Waals surface area (Å²) in [5.41, 5.74) is 2.04. The molecule has 1 fully saturated rings. The first-order valence-electron chi connectivity index (χ1n) is 9.78. The van der Waals surface area contributed by atoms with Gasteiger partial charge in [-0.1, -0.05) is 59.1 Å². The molecule has 1 unspecified atom stereocenters. The summed E-state index contributed by atoms with van der Waals surface area (Å²) in [4.78, 5) is 27.4. The summed E-state index contributed by atoms with van der Waals surface area (Å²) < 4.78 is 14.9. The van der Waals surface area contributed by atoms with Gasteiger partial charge in [0.15, 0.2) is 0 Å². The number of halogens is 3. The van der Waals surface area contributed by atoms with Crippen LogP contribution in [0.3, 0.4) is 0 Å². The summed E-state index contributed by atoms with van der Waals surface area (Å²) in [6.45, 7) is 3.62. The quantitative estimate of drug-likeness (QED) is 0.275. The lowest BCUT2D eigenvalue weighted by atomic mass is 9.93. The second-order valence-corrected chi connectivity index (χ2v) is 8.51. The van der Waals surface area contributed by atoms with Crippen LogP contribution in [0.2, 0.25) is 10.0 Å². The van der Waals surface area contributed by atoms with Crippen molar-refractivity contribution in [3.05, 3.63) is 104 Å². The van der Waals surface area contributed by atoms with Crippen molar-refractivity contribution in [1.29, 1.82) is 0 Å². The number of aryl methyl sites for hydroxylation is 2. The van der Waals surface area contributed by atoms with Crippen molar-refractivity contribution in [3.8, 4) is 0 Å². The Balaban J connectivity index is 2.03. The van der Waals surface area contributed by atoms with Crippen LogP contribution in [0.25, 0.3) is 5.76 Å². The topological polar surface area (TPSA) is 57.6 Å². The van der Waals surface area contributed by atoms with Gasteiger partial charge < -0.3 is 5.11 Å². The standard InChI is InChI=1S/C25H18Cl2FNO3/c1-13-7-8-14(2)19(9-13)23(30)21-22(18-5-3-4-6-20(18)28)29(25(32)24(21)31)17-11-15(26)10-16(27)12-17/h3-12,22,30H,1-2H3/b23-21+. The number of aliphatic hydroxyl groups is 1. The highest BCUT2D eigenvalue weighted by molar-refractivity contribution is 6.52. The first-order valence-corrected chi connectivity index (χ1v) is 10.5. The number of ketones is 1. The number of carbonyl (C=O) groups is 2. The van der Waals surface area contributed by atoms with E-state index in [9.17, 15) is 19.1 Å². The van der Waals surface area contributed by atoms with E-state index in [-0.39, 0.29) is 32.6 Å². The molecule has 0 saturated carbocycles. The number of carbonyl (C=O) groups excluding carboxylic acids is 2. The minimum absolute atomic E-state index is 0.0645. The fraction of sp³-hybridized carbons (Fsp3) is 0.120. The normalized spacial score (nSPS) is 17.8. The molecule has 1 amide bonds. The van der Waals surface area contributed by atoms with Crippen LogP contribution in [0.4, 0.5) is 10.1 Å². The average Bonchev–Trinajstić information content (AvgIpc) is 2.99. The zero-order chi connectivity index (χ0) is 23.2. The lowest BCUT2D eigenvalue weighted by Crippen LogP contribution is -2.29. The lowest BCUT2D eigenvalue weighted by Gasteiger charge is -2.26. The van der Waals surface area contributed by atoms with Gasteiger partial charge in [-0.2, -0.15) is 0 Å². The molecular weight excluding hydrogens is 452 g/mol. The number of rotatable bonds is 3. The monoisotopic (exact) mass is 469 g/mol. The number of Topliss-reactive ketones (excluding diaryl/α,β-unsaturated/α-hetero) is 1. The summed E-state index contributed by atoms with van der Waals surface area (Å²) in [5.74, 6) is -2.82. The molecule has 1 atom stereocenters. The molecule has 0 radical (unpaired) electrons. The van der Waals surface area contributed by atoms with Crippen molar-refractivity contribution in [1.82, 2.24) is 0 Å². The molecule has 4 rings (SSSR count). The third-order valence-electron chi connectivity index (χ3n) is 5.42. The summed E-state index contributed by atoms with van der Waals surface area (Å²) in [7, 11) is 0. The third kappa shape index (κ3) is 3.78. The third-order valence-corrected chi connectivity index (χ3v) is 5.85. The SMILES string of the molecule is Cc1ccc(C)c(/C(O)=C2\C(=O)C(=O)N(c3cc(Cl)cc(Cl)c3)C2c2ccccc2F)c1. The van der Waals surface area contributed by atoms with Gasteiger partial charge in [-0.3, -0.25) is 14.5 Å². The Labute approximate surface area is 194 Å². The molecule has 32 heavy (non-hydrogen) atoms. The molecule has 0 spiro atoms. The van der Waals surface area contributed by atoms with Gasteiger partial charge in [-0.15, -0.1) is 0 Å². The minimum atomic E-state index is -1.20. The van der Waals surface area contributed by atoms with Gasteiger partial charge in [-0.25, -0.2) is 4.39 Å². The fourth-order valence-corrected chi connectivity index (χ4v) is 4.42. The smallest absolute Gasteiger partial charge is 0.300 e. The van der Waals surface area contributed by atoms with Gasteiger partial charge in [0, 0.05) is 26.9 Å². The molecule has 4 nitrogen and oxygen atoms in total. The molecule has 3 aromatic rings. The van der Waals surface area contributed by atoms with Gasteiger partial charge in [0.05, 0.1) is 11.6 Å². The predicted molar refractivity (Wildman–Crippen MR) is 124 cm³/mol. The Morgan fingerprint density at radius 2 is 1.62 bits per heavy atom. The van der Waals surface area contributed by atoms with Crippen LogP contribution in [0.1, 0.15) is 28.3 Å². The van der Waals surface area contributed by atoms with Gasteiger partial charge in [0.25, 0.3) is 11.7 Å². The fourth-order valence-electron chi connectivity index (χ4n) is 3.90. The first-order chi connectivity index (χ1) is 15.2. The molecule has 1 N–H and O–H groups in total. The highest BCUT2D eigenvalue weighted by atomic mass is 35.5. The number of anilines is 1. The zero-order valence-corrected chi connectivity index (χ0v) is 18.7. The van der Waals surface area contributed by atoms with Crippen LogP contribution >= 0.6 is 23.2 Å². The van der Waals surface area contributed by atoms with E-state index < -0.39 is 23.5 Å². The van der Waals surface area contributed by atoms with E-state index in [2.05, 4.69) is 0 Å². The average molecular weight is 470 g/mol. The van der Waals surface area contributed by atoms with E-state index in [1.165, 1.54) is 36.4 Å². The summed E-state index contributed by atoms with van der Waals surface area (Å²) in [5, 5.41) is 11.7. The Morgan fingerprint density at radius 1 is 0.969 bits per heavy atom. The van der Waals surface area contributed by atoms with E-state index >= 15 is 0 Å². The molecule has 162 valence electrons. The van der Waals surface area contributed by atoms with Crippen molar-refractivity contribution in [2.24, 2.45) is 0 Å². The Kier molecular flexibility index (Phi) is 5.80. The van der Waals surface area contributed by atoms with Crippen LogP contribution in [-0.2, 0) is 9.59 Å². The van der Waals surface area contributed by atoms with Gasteiger partial charge in [0.1, 0.15) is 11.6 Å². The summed E-state index contributed by atoms with van der Waals surface area (Å²) in [6.07, 6.45) is 0. The second kappa shape index (κ2) is 8.41. The van der Waals surface area contributed by atoms with Crippen molar-refractivity contribution < 1.29 is 19.1 Å². The molecule has 0 bridgehead atoms. The van der Waals surface area contributed by atoms with Crippen molar-refractivity contribution in [2.45, 2.75) is 19.9 Å². The van der Waals surface area contributed by atoms with Crippen LogP contribution in [0.5, 0.6) is 0 Å². The Bertz CT molecular complexity index is 1280. The van der Waals surface area contributed by atoms with E-state index in [0.717, 1.165) is 10.5 Å². The molecule has 1 saturated heterocycles. The first kappa shape index (κ1) is 22.1. The van der Waals surface area contributed by atoms with Gasteiger partial charge in [0.2, 0.25) is 0 Å². The van der Waals surface area contributed by atoms with Crippen molar-refractivity contribution >= 4 is 46.3 Å². The highest BCUT2D eigenvalue weighted by Crippen LogP contribution is 2.44. The number of benzene rings is 3. The molecule has 1 aliphatic heterocycles. The molecule has 7 heteroatoms. The molecule has 0 aliphatic carbocycles. The van der Waals surface area contributed by atoms with E-state index in [1.54, 1.807) is 25.1 Å². The van der Waals surface area contributed by atoms with Gasteiger partial charge in [-0.05, 0) is 49.7 Å². The van der Waals surface area contributed by atoms with Crippen LogP contribution < -0.4 is 4.90 Å². The number of hydrogen-bond acceptors (Lipinski definition) is 3. The minimum Gasteiger partial charge on any atom is -0.507 e. The number of amides is 1. The number of hydrogen-bond donors (Lipinski definition) is 1. The molecule has 1 heterocycles. The molecule has 3 aromatic carbocycles. The molecule has 1 aliphatic rings. The van der Waals surface area contributed by atoms with Crippen LogP contribution in [0, 0.1) is 19.7 Å². The Morgan fingerprint density at radius 3 is 2.28 bits per heavy atom. The predicted octanol–water partition coefficient (Wildman–Crippen LogP) is 6.38. The maximum absolute atomic E-state index is 14.9. The zero-order valence-electron chi connectivity index (χ0n) is 17.2. The van der Waals surface area contributed by atoms with Crippen LogP contribution in [-0.4, -0.2) is 16.8 Å².